The summed E-state index contributed by atoms with van der Waals surface area (Å²) >= 11 is 5.92. The summed E-state index contributed by atoms with van der Waals surface area (Å²) in [7, 11) is 0. The lowest BCUT2D eigenvalue weighted by molar-refractivity contribution is -0.124. The number of hydrogen-bond acceptors (Lipinski definition) is 5. The molecule has 7 nitrogen and oxygen atoms in total. The quantitative estimate of drug-likeness (QED) is 0.769. The number of aromatic nitrogens is 2. The maximum absolute atomic E-state index is 12.1. The standard InChI is InChI=1S/C16H17ClN4O3/c17-14-12(9-19-21-16(14)23)18-8-10-3-1-4-11(7-10)20-15(22)13-5-2-6-24-13/h1,3-4,7,9,13H,2,5-6,8H2,(H,20,22)(H2,18,21,23)/t13-/m0/s1. The van der Waals surface area contributed by atoms with Crippen LogP contribution in [0.2, 0.25) is 5.02 Å². The molecule has 24 heavy (non-hydrogen) atoms. The number of nitrogens with one attached hydrogen (secondary N) is 3. The number of H-pyrrole nitrogens is 1. The van der Waals surface area contributed by atoms with Crippen LogP contribution in [0, 0.1) is 0 Å². The van der Waals surface area contributed by atoms with Crippen molar-refractivity contribution in [3.63, 3.8) is 0 Å². The summed E-state index contributed by atoms with van der Waals surface area (Å²) in [5, 5.41) is 11.9. The van der Waals surface area contributed by atoms with Gasteiger partial charge in [-0.3, -0.25) is 9.59 Å². The average Bonchev–Trinajstić information content (AvgIpc) is 3.11. The Morgan fingerprint density at radius 1 is 1.46 bits per heavy atom. The number of hydrogen-bond donors (Lipinski definition) is 3. The van der Waals surface area contributed by atoms with Crippen molar-refractivity contribution in [2.45, 2.75) is 25.5 Å². The summed E-state index contributed by atoms with van der Waals surface area (Å²) in [6.07, 6.45) is 2.74. The van der Waals surface area contributed by atoms with Gasteiger partial charge >= 0.3 is 0 Å². The van der Waals surface area contributed by atoms with Gasteiger partial charge in [0, 0.05) is 18.8 Å². The van der Waals surface area contributed by atoms with Gasteiger partial charge in [0.1, 0.15) is 11.1 Å². The van der Waals surface area contributed by atoms with Crippen LogP contribution in [0.5, 0.6) is 0 Å². The summed E-state index contributed by atoms with van der Waals surface area (Å²) in [6.45, 7) is 1.07. The third kappa shape index (κ3) is 3.93. The Hall–Kier alpha value is -2.38. The van der Waals surface area contributed by atoms with Gasteiger partial charge in [-0.15, -0.1) is 0 Å². The van der Waals surface area contributed by atoms with Crippen molar-refractivity contribution < 1.29 is 9.53 Å². The molecule has 8 heteroatoms. The Bertz CT molecular complexity index is 787. The summed E-state index contributed by atoms with van der Waals surface area (Å²) in [4.78, 5) is 23.5. The van der Waals surface area contributed by atoms with E-state index < -0.39 is 5.56 Å². The van der Waals surface area contributed by atoms with E-state index in [0.29, 0.717) is 24.5 Å². The maximum atomic E-state index is 12.1. The van der Waals surface area contributed by atoms with E-state index in [1.807, 2.05) is 24.3 Å². The molecule has 0 radical (unpaired) electrons. The average molecular weight is 349 g/mol. The number of carbonyl (C=O) groups excluding carboxylic acids is 1. The van der Waals surface area contributed by atoms with Gasteiger partial charge in [-0.25, -0.2) is 5.10 Å². The minimum atomic E-state index is -0.445. The third-order valence-electron chi connectivity index (χ3n) is 3.70. The Kier molecular flexibility index (Phi) is 5.12. The second kappa shape index (κ2) is 7.46. The number of carbonyl (C=O) groups is 1. The first-order valence-corrected chi connectivity index (χ1v) is 8.00. The van der Waals surface area contributed by atoms with E-state index in [2.05, 4.69) is 20.8 Å². The molecule has 2 heterocycles. The first-order chi connectivity index (χ1) is 11.6. The number of benzene rings is 1. The number of nitrogens with zero attached hydrogens (tertiary/aromatic N) is 1. The Morgan fingerprint density at radius 2 is 2.33 bits per heavy atom. The van der Waals surface area contributed by atoms with Gasteiger partial charge in [-0.2, -0.15) is 5.10 Å². The fourth-order valence-electron chi connectivity index (χ4n) is 2.47. The third-order valence-corrected chi connectivity index (χ3v) is 4.07. The van der Waals surface area contributed by atoms with Crippen molar-refractivity contribution in [1.29, 1.82) is 0 Å². The molecule has 1 atom stereocenters. The number of rotatable bonds is 5. The van der Waals surface area contributed by atoms with Crippen LogP contribution in [0.1, 0.15) is 18.4 Å². The lowest BCUT2D eigenvalue weighted by Crippen LogP contribution is -2.26. The highest BCUT2D eigenvalue weighted by Crippen LogP contribution is 2.18. The zero-order valence-corrected chi connectivity index (χ0v) is 13.6. The summed E-state index contributed by atoms with van der Waals surface area (Å²) in [5.74, 6) is -0.126. The predicted octanol–water partition coefficient (Wildman–Crippen LogP) is 2.15. The highest BCUT2D eigenvalue weighted by molar-refractivity contribution is 6.32. The van der Waals surface area contributed by atoms with Crippen LogP contribution >= 0.6 is 11.6 Å². The van der Waals surface area contributed by atoms with Gasteiger partial charge in [0.2, 0.25) is 0 Å². The molecule has 1 aromatic carbocycles. The van der Waals surface area contributed by atoms with Crippen LogP contribution in [0.25, 0.3) is 0 Å². The van der Waals surface area contributed by atoms with Crippen molar-refractivity contribution in [2.75, 3.05) is 17.2 Å². The van der Waals surface area contributed by atoms with E-state index in [9.17, 15) is 9.59 Å². The highest BCUT2D eigenvalue weighted by atomic mass is 35.5. The normalized spacial score (nSPS) is 16.8. The molecule has 126 valence electrons. The van der Waals surface area contributed by atoms with E-state index >= 15 is 0 Å². The summed E-state index contributed by atoms with van der Waals surface area (Å²) in [5.41, 5.74) is 1.63. The molecule has 1 saturated heterocycles. The number of amides is 1. The highest BCUT2D eigenvalue weighted by Gasteiger charge is 2.23. The molecule has 0 bridgehead atoms. The molecule has 0 aliphatic carbocycles. The van der Waals surface area contributed by atoms with Crippen LogP contribution in [0.4, 0.5) is 11.4 Å². The van der Waals surface area contributed by atoms with Crippen molar-refractivity contribution in [2.24, 2.45) is 0 Å². The van der Waals surface area contributed by atoms with Gasteiger partial charge in [-0.1, -0.05) is 23.7 Å². The van der Waals surface area contributed by atoms with E-state index in [4.69, 9.17) is 16.3 Å². The summed E-state index contributed by atoms with van der Waals surface area (Å²) in [6, 6.07) is 7.43. The number of anilines is 2. The molecule has 2 aromatic rings. The Morgan fingerprint density at radius 3 is 3.12 bits per heavy atom. The molecule has 1 aliphatic heterocycles. The van der Waals surface area contributed by atoms with E-state index in [0.717, 1.165) is 18.4 Å². The molecular formula is C16H17ClN4O3. The molecule has 3 rings (SSSR count). The Labute approximate surface area is 143 Å². The van der Waals surface area contributed by atoms with Crippen LogP contribution < -0.4 is 16.2 Å². The zero-order chi connectivity index (χ0) is 16.9. The minimum Gasteiger partial charge on any atom is -0.378 e. The van der Waals surface area contributed by atoms with E-state index in [1.165, 1.54) is 6.20 Å². The van der Waals surface area contributed by atoms with Crippen molar-refractivity contribution >= 4 is 28.9 Å². The molecule has 1 aliphatic rings. The van der Waals surface area contributed by atoms with Crippen LogP contribution in [-0.2, 0) is 16.1 Å². The van der Waals surface area contributed by atoms with Gasteiger partial charge in [0.25, 0.3) is 11.5 Å². The molecule has 0 saturated carbocycles. The topological polar surface area (TPSA) is 96.1 Å². The first-order valence-electron chi connectivity index (χ1n) is 7.62. The van der Waals surface area contributed by atoms with Crippen LogP contribution in [0.15, 0.2) is 35.3 Å². The minimum absolute atomic E-state index is 0.0628. The fourth-order valence-corrected chi connectivity index (χ4v) is 2.63. The molecule has 0 spiro atoms. The van der Waals surface area contributed by atoms with E-state index in [-0.39, 0.29) is 17.0 Å². The maximum Gasteiger partial charge on any atom is 0.285 e. The van der Waals surface area contributed by atoms with Gasteiger partial charge < -0.3 is 15.4 Å². The SMILES string of the molecule is O=C(Nc1cccc(CNc2cn[nH]c(=O)c2Cl)c1)[C@@H]1CCCO1. The van der Waals surface area contributed by atoms with Crippen molar-refractivity contribution in [3.05, 3.63) is 51.4 Å². The zero-order valence-electron chi connectivity index (χ0n) is 12.8. The van der Waals surface area contributed by atoms with Gasteiger partial charge in [0.05, 0.1) is 11.9 Å². The lowest BCUT2D eigenvalue weighted by Gasteiger charge is -2.12. The largest absolute Gasteiger partial charge is 0.378 e. The molecule has 3 N–H and O–H groups in total. The van der Waals surface area contributed by atoms with Gasteiger partial charge in [-0.05, 0) is 30.5 Å². The molecule has 1 amide bonds. The smallest absolute Gasteiger partial charge is 0.285 e. The summed E-state index contributed by atoms with van der Waals surface area (Å²) < 4.78 is 5.37. The van der Waals surface area contributed by atoms with E-state index in [1.54, 1.807) is 0 Å². The van der Waals surface area contributed by atoms with Crippen molar-refractivity contribution in [3.8, 4) is 0 Å². The first kappa shape index (κ1) is 16.5. The lowest BCUT2D eigenvalue weighted by atomic mass is 10.2. The number of halogens is 1. The second-order valence-electron chi connectivity index (χ2n) is 5.47. The predicted molar refractivity (Wildman–Crippen MR) is 91.2 cm³/mol. The molecule has 1 aromatic heterocycles. The molecule has 0 unspecified atom stereocenters. The molecular weight excluding hydrogens is 332 g/mol. The number of aromatic amines is 1. The fraction of sp³-hybridized carbons (Fsp3) is 0.312. The van der Waals surface area contributed by atoms with Gasteiger partial charge in [0.15, 0.2) is 0 Å². The number of ether oxygens (including phenoxy) is 1. The van der Waals surface area contributed by atoms with Crippen LogP contribution in [-0.4, -0.2) is 28.8 Å². The van der Waals surface area contributed by atoms with Crippen LogP contribution in [0.3, 0.4) is 0 Å². The monoisotopic (exact) mass is 348 g/mol. The Balaban J connectivity index is 1.63. The molecule has 1 fully saturated rings. The van der Waals surface area contributed by atoms with Crippen molar-refractivity contribution in [1.82, 2.24) is 10.2 Å². The second-order valence-corrected chi connectivity index (χ2v) is 5.85.